The predicted molar refractivity (Wildman–Crippen MR) is 386 cm³/mol. The summed E-state index contributed by atoms with van der Waals surface area (Å²) in [6, 6.07) is -6.33. The smallest absolute Gasteiger partial charge is 0.469 e. The Kier molecular flexibility index (Phi) is 34.3. The van der Waals surface area contributed by atoms with Crippen molar-refractivity contribution in [2.24, 2.45) is 23.3 Å². The monoisotopic (exact) mass is 1570 g/mol. The number of carbonyl (C=O) groups is 16. The molecule has 15 atom stereocenters. The molecule has 40 nitrogen and oxygen atoms in total. The fourth-order valence-corrected chi connectivity index (χ4v) is 12.7. The molecule has 3 heterocycles. The fourth-order valence-electron chi connectivity index (χ4n) is 12.2. The number of hydrogen-bond acceptors (Lipinski definition) is 21. The summed E-state index contributed by atoms with van der Waals surface area (Å²) in [5.74, 6) is -17.5. The molecule has 5 rings (SSSR count). The molecule has 0 radical (unpaired) electrons. The van der Waals surface area contributed by atoms with Gasteiger partial charge in [0.15, 0.2) is 0 Å². The average Bonchev–Trinajstić information content (AvgIpc) is 1.07. The first-order valence-electron chi connectivity index (χ1n) is 35.6. The standard InChI is InChI=1S/C69H100N17O23P/c1-9-35(4)55(66(102)80-47(27-41-19-21-43(89)22-20-41)60(96)74-36(5)58(94)77-44(57(71)93)29-53(70)90)83-59(95)37(6)75-67(103)56(38(7)109-110(106,107)108)84-64(100)50(32-87)82-63(99)48(28-42-31-72-33-73-42)78-61(97)45(25-34(2)3)79-65(101)51-17-13-23-85(51)69(105)52-18-14-24-86(52)68(104)49(30-54(91)92)81-62(98)46(76-39(8)88)26-40-15-11-10-12-16-40/h10-12,15-16,19-22,31,33-38,44-52,55-56,87,89H,9,13-14,17-18,23-30,32H2,1-8H3,(H2,70,90)(H2,71,93)(H,72,73)(H,74,96)(H,75,103)(H,76,88)(H,77,94)(H,78,97)(H,79,101)(H,80,102)(H,81,98)(H,82,99)(H,83,95)(H,84,100)(H,91,92)(H2,106,107,108)/t35-,36-,37-,38+,44-,45-,46-,47-,48-,49-,50-,51-,52-,55-,56-/m0/s1. The number of H-pyrrole nitrogens is 1. The van der Waals surface area contributed by atoms with Crippen molar-refractivity contribution in [3.63, 3.8) is 0 Å². The van der Waals surface area contributed by atoms with Crippen molar-refractivity contribution < 1.29 is 111 Å². The topological polar surface area (TPSA) is 620 Å². The number of carbonyl (C=O) groups excluding carboxylic acids is 15. The third-order valence-electron chi connectivity index (χ3n) is 18.1. The number of likely N-dealkylation sites (tertiary alicyclic amines) is 2. The molecule has 110 heavy (non-hydrogen) atoms. The number of amides is 15. The molecule has 2 fully saturated rings. The number of hydrogen-bond donors (Lipinski definition) is 19. The van der Waals surface area contributed by atoms with Crippen molar-refractivity contribution in [1.82, 2.24) is 78.3 Å². The van der Waals surface area contributed by atoms with E-state index in [0.29, 0.717) is 17.5 Å². The molecule has 0 saturated carbocycles. The third kappa shape index (κ3) is 27.9. The molecule has 604 valence electrons. The van der Waals surface area contributed by atoms with E-state index >= 15 is 0 Å². The van der Waals surface area contributed by atoms with Gasteiger partial charge in [-0.2, -0.15) is 0 Å². The second-order valence-electron chi connectivity index (χ2n) is 27.4. The number of rotatable bonds is 42. The van der Waals surface area contributed by atoms with Crippen molar-refractivity contribution in [2.75, 3.05) is 19.7 Å². The van der Waals surface area contributed by atoms with Crippen molar-refractivity contribution in [1.29, 1.82) is 0 Å². The summed E-state index contributed by atoms with van der Waals surface area (Å²) in [5.41, 5.74) is 11.7. The summed E-state index contributed by atoms with van der Waals surface area (Å²) in [6.07, 6.45) is -0.790. The normalized spacial score (nSPS) is 17.7. The average molecular weight is 1570 g/mol. The Labute approximate surface area is 632 Å². The number of primary amides is 2. The van der Waals surface area contributed by atoms with E-state index in [1.807, 2.05) is 0 Å². The number of benzene rings is 2. The van der Waals surface area contributed by atoms with Gasteiger partial charge in [-0.05, 0) is 88.0 Å². The molecule has 2 aliphatic rings. The number of phosphoric acid groups is 1. The van der Waals surface area contributed by atoms with E-state index in [4.69, 9.17) is 16.0 Å². The number of aromatic nitrogens is 2. The van der Waals surface area contributed by atoms with Gasteiger partial charge in [-0.3, -0.25) is 81.2 Å². The van der Waals surface area contributed by atoms with Gasteiger partial charge < -0.3 is 110 Å². The molecule has 15 amide bonds. The summed E-state index contributed by atoms with van der Waals surface area (Å²) in [4.78, 5) is 246. The molecule has 2 saturated heterocycles. The molecule has 3 aromatic rings. The van der Waals surface area contributed by atoms with Gasteiger partial charge >= 0.3 is 13.8 Å². The van der Waals surface area contributed by atoms with E-state index in [9.17, 15) is 106 Å². The van der Waals surface area contributed by atoms with Gasteiger partial charge in [0, 0.05) is 51.2 Å². The number of nitrogens with zero attached hydrogens (tertiary/aromatic N) is 3. The van der Waals surface area contributed by atoms with Gasteiger partial charge in [-0.1, -0.05) is 76.6 Å². The van der Waals surface area contributed by atoms with Gasteiger partial charge in [-0.25, -0.2) is 9.55 Å². The number of nitrogens with two attached hydrogens (primary N) is 2. The first kappa shape index (κ1) is 89.7. The minimum Gasteiger partial charge on any atom is -0.508 e. The summed E-state index contributed by atoms with van der Waals surface area (Å²) in [5, 5.41) is 57.1. The lowest BCUT2D eigenvalue weighted by atomic mass is 9.96. The highest BCUT2D eigenvalue weighted by atomic mass is 31.2. The minimum atomic E-state index is -5.51. The van der Waals surface area contributed by atoms with Gasteiger partial charge in [0.25, 0.3) is 0 Å². The number of imidazole rings is 1. The molecular formula is C69H100N17O23P. The van der Waals surface area contributed by atoms with Crippen LogP contribution in [0.15, 0.2) is 67.1 Å². The molecule has 2 aliphatic heterocycles. The van der Waals surface area contributed by atoms with Gasteiger partial charge in [0.05, 0.1) is 31.9 Å². The Morgan fingerprint density at radius 1 is 0.573 bits per heavy atom. The molecule has 0 spiro atoms. The zero-order chi connectivity index (χ0) is 82.0. The van der Waals surface area contributed by atoms with Crippen molar-refractivity contribution >= 4 is 102 Å². The highest BCUT2D eigenvalue weighted by Gasteiger charge is 2.46. The fraction of sp³-hybridized carbons (Fsp3) is 0.551. The summed E-state index contributed by atoms with van der Waals surface area (Å²) in [6.45, 7) is 9.84. The molecule has 0 bridgehead atoms. The zero-order valence-corrected chi connectivity index (χ0v) is 62.9. The number of aliphatic hydroxyl groups is 1. The third-order valence-corrected chi connectivity index (χ3v) is 18.7. The van der Waals surface area contributed by atoms with Crippen molar-refractivity contribution in [3.8, 4) is 5.75 Å². The highest BCUT2D eigenvalue weighted by molar-refractivity contribution is 7.46. The van der Waals surface area contributed by atoms with E-state index in [0.717, 1.165) is 18.7 Å². The van der Waals surface area contributed by atoms with Crippen LogP contribution in [0.5, 0.6) is 5.75 Å². The SMILES string of the molecule is CC[C@H](C)[C@H](NC(=O)[C@H](C)NC(=O)[C@@H](NC(=O)[C@H](CO)NC(=O)[C@H](Cc1cnc[nH]1)NC(=O)[C@H](CC(C)C)NC(=O)[C@@H]1CCCN1C(=O)[C@@H]1CCCN1C(=O)[C@H](CC(=O)O)NC(=O)[C@H](Cc1ccccc1)NC(C)=O)[C@@H](C)OP(=O)(O)O)C(=O)N[C@@H](Cc1ccc(O)cc1)C(=O)N[C@@H](C)C(=O)N[C@@H](CC(N)=O)C(N)=O. The maximum absolute atomic E-state index is 14.6. The Morgan fingerprint density at radius 3 is 1.61 bits per heavy atom. The van der Waals surface area contributed by atoms with Gasteiger partial charge in [-0.15, -0.1) is 0 Å². The minimum absolute atomic E-state index is 0.0102. The van der Waals surface area contributed by atoms with Crippen LogP contribution in [0.3, 0.4) is 0 Å². The Bertz CT molecular complexity index is 3830. The molecule has 2 aromatic carbocycles. The van der Waals surface area contributed by atoms with Crippen LogP contribution in [-0.2, 0) is 105 Å². The van der Waals surface area contributed by atoms with E-state index < -0.39 is 219 Å². The lowest BCUT2D eigenvalue weighted by molar-refractivity contribution is -0.149. The number of aromatic hydroxyl groups is 1. The van der Waals surface area contributed by atoms with Crippen LogP contribution in [0.1, 0.15) is 124 Å². The van der Waals surface area contributed by atoms with E-state index in [2.05, 4.69) is 68.5 Å². The largest absolute Gasteiger partial charge is 0.508 e. The Morgan fingerprint density at radius 2 is 1.06 bits per heavy atom. The number of aliphatic carboxylic acids is 1. The molecule has 0 unspecified atom stereocenters. The summed E-state index contributed by atoms with van der Waals surface area (Å²) < 4.78 is 17.0. The summed E-state index contributed by atoms with van der Waals surface area (Å²) >= 11 is 0. The number of phenols is 1. The number of phosphoric ester groups is 1. The maximum Gasteiger partial charge on any atom is 0.469 e. The summed E-state index contributed by atoms with van der Waals surface area (Å²) in [7, 11) is -5.51. The molecule has 21 N–H and O–H groups in total. The highest BCUT2D eigenvalue weighted by Crippen LogP contribution is 2.38. The van der Waals surface area contributed by atoms with Crippen LogP contribution < -0.4 is 70.0 Å². The van der Waals surface area contributed by atoms with Gasteiger partial charge in [0.1, 0.15) is 84.3 Å². The van der Waals surface area contributed by atoms with Crippen LogP contribution in [0, 0.1) is 11.8 Å². The molecule has 1 aromatic heterocycles. The Hall–Kier alpha value is -11.0. The molecule has 41 heteroatoms. The number of aromatic amines is 1. The van der Waals surface area contributed by atoms with E-state index in [-0.39, 0.29) is 75.4 Å². The van der Waals surface area contributed by atoms with Crippen molar-refractivity contribution in [3.05, 3.63) is 83.9 Å². The van der Waals surface area contributed by atoms with Crippen LogP contribution in [0.25, 0.3) is 0 Å². The van der Waals surface area contributed by atoms with E-state index in [1.54, 1.807) is 58.0 Å². The lowest BCUT2D eigenvalue weighted by Crippen LogP contribution is -2.63. The van der Waals surface area contributed by atoms with Crippen LogP contribution in [0.4, 0.5) is 0 Å². The predicted octanol–water partition coefficient (Wildman–Crippen LogP) is -5.06. The van der Waals surface area contributed by atoms with Crippen LogP contribution in [0.2, 0.25) is 0 Å². The molecular weight excluding hydrogens is 1470 g/mol. The maximum atomic E-state index is 14.6. The number of aliphatic hydroxyl groups excluding tert-OH is 1. The second kappa shape index (κ2) is 42.1. The lowest BCUT2D eigenvalue weighted by Gasteiger charge is -2.33. The zero-order valence-electron chi connectivity index (χ0n) is 62.0. The number of carboxylic acids is 1. The first-order chi connectivity index (χ1) is 51.7. The number of nitrogens with one attached hydrogen (secondary N) is 12. The number of carboxylic acid groups (broad SMARTS) is 1. The van der Waals surface area contributed by atoms with Gasteiger partial charge in [0.2, 0.25) is 88.6 Å². The quantitative estimate of drug-likeness (QED) is 0.0236. The second-order valence-corrected chi connectivity index (χ2v) is 28.6. The van der Waals surface area contributed by atoms with Crippen LogP contribution in [-0.4, -0.2) is 244 Å². The van der Waals surface area contributed by atoms with Crippen LogP contribution >= 0.6 is 7.82 Å². The van der Waals surface area contributed by atoms with E-state index in [1.165, 1.54) is 55.5 Å². The van der Waals surface area contributed by atoms with Crippen molar-refractivity contribution in [2.45, 2.75) is 211 Å². The Balaban J connectivity index is 1.30. The first-order valence-corrected chi connectivity index (χ1v) is 37.1. The number of phenolic OH excluding ortho intramolecular Hbond substituents is 1. The molecule has 0 aliphatic carbocycles.